The first-order valence-corrected chi connectivity index (χ1v) is 8.19. The Morgan fingerprint density at radius 2 is 1.90 bits per heavy atom. The van der Waals surface area contributed by atoms with E-state index in [1.54, 1.807) is 0 Å². The van der Waals surface area contributed by atoms with Gasteiger partial charge in [-0.2, -0.15) is 0 Å². The summed E-state index contributed by atoms with van der Waals surface area (Å²) in [6.07, 6.45) is 6.28. The molecule has 5 nitrogen and oxygen atoms in total. The number of fused-ring (bicyclic) bond motifs is 1. The van der Waals surface area contributed by atoms with Crippen LogP contribution in [0.4, 0.5) is 0 Å². The van der Waals surface area contributed by atoms with Crippen molar-refractivity contribution in [1.29, 1.82) is 0 Å². The second kappa shape index (κ2) is 7.74. The molecule has 0 bridgehead atoms. The number of ether oxygens (including phenoxy) is 1. The molecule has 1 atom stereocenters. The summed E-state index contributed by atoms with van der Waals surface area (Å²) in [4.78, 5) is 0. The average Bonchev–Trinajstić information content (AvgIpc) is 2.87. The van der Waals surface area contributed by atoms with Crippen molar-refractivity contribution in [1.82, 2.24) is 0 Å². The van der Waals surface area contributed by atoms with Gasteiger partial charge in [0.1, 0.15) is 6.61 Å². The van der Waals surface area contributed by atoms with Crippen LogP contribution in [0, 0.1) is 12.3 Å². The van der Waals surface area contributed by atoms with Crippen molar-refractivity contribution in [2.75, 3.05) is 26.9 Å². The third kappa shape index (κ3) is 4.67. The molecule has 21 heavy (non-hydrogen) atoms. The lowest BCUT2D eigenvalue weighted by Crippen LogP contribution is -2.15. The molecule has 1 aliphatic carbocycles. The van der Waals surface area contributed by atoms with E-state index in [1.807, 2.05) is 24.3 Å². The minimum atomic E-state index is -3.67. The summed E-state index contributed by atoms with van der Waals surface area (Å²) >= 11 is 0. The van der Waals surface area contributed by atoms with Gasteiger partial charge >= 0.3 is 7.82 Å². The van der Waals surface area contributed by atoms with Crippen LogP contribution in [-0.4, -0.2) is 33.0 Å². The molecule has 1 unspecified atom stereocenters. The second-order valence-electron chi connectivity index (χ2n) is 4.66. The highest BCUT2D eigenvalue weighted by atomic mass is 31.2. The largest absolute Gasteiger partial charge is 0.476 e. The molecule has 0 aliphatic heterocycles. The smallest absolute Gasteiger partial charge is 0.382 e. The SMILES string of the molecule is C#CCOP(=O)(OCCOC)OC1Cc2ccccc2C1. The summed E-state index contributed by atoms with van der Waals surface area (Å²) < 4.78 is 33.3. The fourth-order valence-corrected chi connectivity index (χ4v) is 3.46. The monoisotopic (exact) mass is 310 g/mol. The fraction of sp³-hybridized carbons (Fsp3) is 0.467. The molecular formula is C15H19O5P. The van der Waals surface area contributed by atoms with Crippen LogP contribution in [0.5, 0.6) is 0 Å². The van der Waals surface area contributed by atoms with Crippen LogP contribution >= 0.6 is 7.82 Å². The van der Waals surface area contributed by atoms with Gasteiger partial charge in [0, 0.05) is 7.11 Å². The molecule has 114 valence electrons. The lowest BCUT2D eigenvalue weighted by atomic mass is 10.1. The molecule has 1 aromatic rings. The number of hydrogen-bond acceptors (Lipinski definition) is 5. The van der Waals surface area contributed by atoms with Gasteiger partial charge in [-0.3, -0.25) is 13.6 Å². The van der Waals surface area contributed by atoms with E-state index in [0.717, 1.165) is 0 Å². The highest BCUT2D eigenvalue weighted by Crippen LogP contribution is 2.51. The van der Waals surface area contributed by atoms with Gasteiger partial charge in [0.05, 0.1) is 19.3 Å². The van der Waals surface area contributed by atoms with Gasteiger partial charge in [0.25, 0.3) is 0 Å². The number of terminal acetylenes is 1. The van der Waals surface area contributed by atoms with Gasteiger partial charge in [-0.05, 0) is 24.0 Å². The van der Waals surface area contributed by atoms with E-state index >= 15 is 0 Å². The first-order chi connectivity index (χ1) is 10.2. The van der Waals surface area contributed by atoms with Crippen LogP contribution in [-0.2, 0) is 35.7 Å². The Bertz CT molecular complexity index is 526. The predicted molar refractivity (Wildman–Crippen MR) is 78.9 cm³/mol. The molecular weight excluding hydrogens is 291 g/mol. The van der Waals surface area contributed by atoms with Crippen LogP contribution in [0.2, 0.25) is 0 Å². The summed E-state index contributed by atoms with van der Waals surface area (Å²) in [5, 5.41) is 0. The number of phosphoric acid groups is 1. The van der Waals surface area contributed by atoms with Crippen molar-refractivity contribution < 1.29 is 22.9 Å². The minimum absolute atomic E-state index is 0.121. The van der Waals surface area contributed by atoms with Gasteiger partial charge in [0.2, 0.25) is 0 Å². The molecule has 0 saturated carbocycles. The summed E-state index contributed by atoms with van der Waals surface area (Å²) in [7, 11) is -2.13. The zero-order valence-corrected chi connectivity index (χ0v) is 12.9. The Morgan fingerprint density at radius 3 is 2.48 bits per heavy atom. The quantitative estimate of drug-likeness (QED) is 0.420. The van der Waals surface area contributed by atoms with E-state index in [-0.39, 0.29) is 19.3 Å². The highest BCUT2D eigenvalue weighted by molar-refractivity contribution is 7.48. The first kappa shape index (κ1) is 16.2. The molecule has 0 radical (unpaired) electrons. The zero-order valence-electron chi connectivity index (χ0n) is 12.0. The van der Waals surface area contributed by atoms with Crippen molar-refractivity contribution in [2.24, 2.45) is 0 Å². The van der Waals surface area contributed by atoms with Crippen molar-refractivity contribution >= 4 is 7.82 Å². The average molecular weight is 310 g/mol. The van der Waals surface area contributed by atoms with E-state index in [2.05, 4.69) is 5.92 Å². The van der Waals surface area contributed by atoms with E-state index in [0.29, 0.717) is 19.4 Å². The lowest BCUT2D eigenvalue weighted by molar-refractivity contribution is 0.0680. The Kier molecular flexibility index (Phi) is 5.98. The Labute approximate surface area is 125 Å². The lowest BCUT2D eigenvalue weighted by Gasteiger charge is -2.20. The van der Waals surface area contributed by atoms with Crippen LogP contribution in [0.25, 0.3) is 0 Å². The molecule has 0 aromatic heterocycles. The number of phosphoric ester groups is 1. The van der Waals surface area contributed by atoms with Gasteiger partial charge in [0.15, 0.2) is 0 Å². The van der Waals surface area contributed by atoms with Crippen LogP contribution in [0.15, 0.2) is 24.3 Å². The van der Waals surface area contributed by atoms with Crippen LogP contribution < -0.4 is 0 Å². The predicted octanol–water partition coefficient (Wildman–Crippen LogP) is 2.59. The topological polar surface area (TPSA) is 54.0 Å². The van der Waals surface area contributed by atoms with Crippen molar-refractivity contribution in [3.05, 3.63) is 35.4 Å². The molecule has 0 fully saturated rings. The zero-order chi connectivity index (χ0) is 15.1. The fourth-order valence-electron chi connectivity index (χ4n) is 2.22. The number of methoxy groups -OCH3 is 1. The summed E-state index contributed by atoms with van der Waals surface area (Å²) in [5.74, 6) is 2.27. The summed E-state index contributed by atoms with van der Waals surface area (Å²) in [6, 6.07) is 8.03. The van der Waals surface area contributed by atoms with Crippen LogP contribution in [0.1, 0.15) is 11.1 Å². The van der Waals surface area contributed by atoms with Gasteiger partial charge in [-0.15, -0.1) is 6.42 Å². The maximum atomic E-state index is 12.5. The van der Waals surface area contributed by atoms with Crippen molar-refractivity contribution in [3.63, 3.8) is 0 Å². The molecule has 1 aliphatic rings. The Hall–Kier alpha value is -1.15. The number of hydrogen-bond donors (Lipinski definition) is 0. The molecule has 0 saturated heterocycles. The van der Waals surface area contributed by atoms with E-state index in [1.165, 1.54) is 18.2 Å². The molecule has 0 heterocycles. The third-order valence-electron chi connectivity index (χ3n) is 3.13. The number of rotatable bonds is 8. The van der Waals surface area contributed by atoms with E-state index in [9.17, 15) is 4.57 Å². The van der Waals surface area contributed by atoms with Crippen LogP contribution in [0.3, 0.4) is 0 Å². The third-order valence-corrected chi connectivity index (χ3v) is 4.64. The molecule has 0 amide bonds. The second-order valence-corrected chi connectivity index (χ2v) is 6.28. The van der Waals surface area contributed by atoms with E-state index in [4.69, 9.17) is 24.7 Å². The molecule has 2 rings (SSSR count). The van der Waals surface area contributed by atoms with E-state index < -0.39 is 7.82 Å². The minimum Gasteiger partial charge on any atom is -0.382 e. The normalized spacial score (nSPS) is 17.1. The Balaban J connectivity index is 1.96. The Morgan fingerprint density at radius 1 is 1.24 bits per heavy atom. The first-order valence-electron chi connectivity index (χ1n) is 6.73. The maximum Gasteiger partial charge on any atom is 0.476 e. The highest BCUT2D eigenvalue weighted by Gasteiger charge is 2.33. The van der Waals surface area contributed by atoms with Crippen molar-refractivity contribution in [3.8, 4) is 12.3 Å². The van der Waals surface area contributed by atoms with Gasteiger partial charge in [-0.25, -0.2) is 4.57 Å². The number of benzene rings is 1. The molecule has 1 aromatic carbocycles. The maximum absolute atomic E-state index is 12.5. The standard InChI is InChI=1S/C15H19O5P/c1-3-8-18-21(16,19-10-9-17-2)20-15-11-13-6-4-5-7-14(13)12-15/h1,4-7,15H,8-12H2,2H3. The molecule has 0 spiro atoms. The summed E-state index contributed by atoms with van der Waals surface area (Å²) in [6.45, 7) is 0.305. The van der Waals surface area contributed by atoms with Gasteiger partial charge < -0.3 is 4.74 Å². The van der Waals surface area contributed by atoms with Gasteiger partial charge in [-0.1, -0.05) is 30.2 Å². The summed E-state index contributed by atoms with van der Waals surface area (Å²) in [5.41, 5.74) is 2.39. The molecule has 6 heteroatoms. The van der Waals surface area contributed by atoms with Crippen molar-refractivity contribution in [2.45, 2.75) is 18.9 Å². The molecule has 0 N–H and O–H groups in total.